The average molecular weight is 263 g/mol. The second-order valence-corrected chi connectivity index (χ2v) is 3.52. The number of carboxylic acid groups (broad SMARTS) is 1. The van der Waals surface area contributed by atoms with Crippen LogP contribution in [0.25, 0.3) is 0 Å². The van der Waals surface area contributed by atoms with Crippen LogP contribution < -0.4 is 11.2 Å². The zero-order valence-electron chi connectivity index (χ0n) is 9.86. The molecule has 0 unspecified atom stereocenters. The molecule has 0 saturated heterocycles. The van der Waals surface area contributed by atoms with E-state index >= 15 is 0 Å². The van der Waals surface area contributed by atoms with Crippen LogP contribution in [0.4, 0.5) is 10.1 Å². The number of nitrogens with zero attached hydrogens (tertiary/aromatic N) is 2. The molecule has 1 rings (SSSR count). The number of anilines is 1. The van der Waals surface area contributed by atoms with Crippen molar-refractivity contribution >= 4 is 23.2 Å². The second kappa shape index (κ2) is 5.59. The summed E-state index contributed by atoms with van der Waals surface area (Å²) in [5.74, 6) is -2.99. The highest BCUT2D eigenvalue weighted by Crippen LogP contribution is 2.23. The van der Waals surface area contributed by atoms with Gasteiger partial charge in [-0.15, -0.1) is 0 Å². The zero-order valence-corrected chi connectivity index (χ0v) is 9.86. The molecule has 0 spiro atoms. The molecule has 0 aliphatic carbocycles. The van der Waals surface area contributed by atoms with E-state index in [9.17, 15) is 9.18 Å². The van der Waals surface area contributed by atoms with Crippen molar-refractivity contribution in [2.75, 3.05) is 5.43 Å². The zero-order chi connectivity index (χ0) is 14.6. The topological polar surface area (TPSA) is 135 Å². The van der Waals surface area contributed by atoms with E-state index in [4.69, 9.17) is 21.5 Å². The van der Waals surface area contributed by atoms with Gasteiger partial charge in [0.1, 0.15) is 17.4 Å². The van der Waals surface area contributed by atoms with E-state index in [2.05, 4.69) is 10.5 Å². The molecule has 0 aliphatic rings. The Morgan fingerprint density at radius 2 is 2.26 bits per heavy atom. The first kappa shape index (κ1) is 14.1. The standard InChI is InChI=1S/C11H10FN5O2/c1-5-2-3-6(12)8(11(18)19)9(5)17-16-7(4-13)10(14)15/h2-3,17H,1H3,(H3,14,15)(H,18,19)/b16-7+. The van der Waals surface area contributed by atoms with Crippen LogP contribution in [0.15, 0.2) is 17.2 Å². The van der Waals surface area contributed by atoms with Gasteiger partial charge in [-0.3, -0.25) is 10.8 Å². The molecule has 98 valence electrons. The first-order valence-electron chi connectivity index (χ1n) is 4.99. The molecular weight excluding hydrogens is 253 g/mol. The van der Waals surface area contributed by atoms with Gasteiger partial charge in [-0.05, 0) is 18.6 Å². The Bertz CT molecular complexity index is 618. The second-order valence-electron chi connectivity index (χ2n) is 3.52. The first-order chi connectivity index (χ1) is 8.88. The van der Waals surface area contributed by atoms with E-state index in [-0.39, 0.29) is 5.69 Å². The van der Waals surface area contributed by atoms with Gasteiger partial charge in [-0.1, -0.05) is 6.07 Å². The molecule has 0 radical (unpaired) electrons. The van der Waals surface area contributed by atoms with Crippen LogP contribution in [0.1, 0.15) is 15.9 Å². The van der Waals surface area contributed by atoms with E-state index in [1.165, 1.54) is 6.07 Å². The molecule has 0 fully saturated rings. The molecule has 8 heteroatoms. The minimum absolute atomic E-state index is 0.0958. The Morgan fingerprint density at radius 3 is 2.74 bits per heavy atom. The number of nitrogens with two attached hydrogens (primary N) is 1. The van der Waals surface area contributed by atoms with Gasteiger partial charge >= 0.3 is 5.97 Å². The molecule has 0 aliphatic heterocycles. The number of aryl methyl sites for hydroxylation is 1. The quantitative estimate of drug-likeness (QED) is 0.366. The summed E-state index contributed by atoms with van der Waals surface area (Å²) in [6.45, 7) is 1.55. The number of nitrogens with one attached hydrogen (secondary N) is 2. The normalized spacial score (nSPS) is 10.7. The van der Waals surface area contributed by atoms with E-state index in [0.717, 1.165) is 6.07 Å². The van der Waals surface area contributed by atoms with Crippen LogP contribution in [-0.4, -0.2) is 22.6 Å². The maximum Gasteiger partial charge on any atom is 0.340 e. The SMILES string of the molecule is Cc1ccc(F)c(C(=O)O)c1N/N=C(\C#N)C(=N)N. The van der Waals surface area contributed by atoms with Crippen molar-refractivity contribution in [2.45, 2.75) is 6.92 Å². The van der Waals surface area contributed by atoms with Crippen molar-refractivity contribution in [1.82, 2.24) is 0 Å². The Labute approximate surface area is 107 Å². The number of nitriles is 1. The van der Waals surface area contributed by atoms with Crippen molar-refractivity contribution in [2.24, 2.45) is 10.8 Å². The van der Waals surface area contributed by atoms with Crippen LogP contribution in [0.3, 0.4) is 0 Å². The van der Waals surface area contributed by atoms with Crippen molar-refractivity contribution in [1.29, 1.82) is 10.7 Å². The monoisotopic (exact) mass is 263 g/mol. The largest absolute Gasteiger partial charge is 0.478 e. The average Bonchev–Trinajstić information content (AvgIpc) is 2.33. The minimum Gasteiger partial charge on any atom is -0.478 e. The number of benzene rings is 1. The number of hydrogen-bond donors (Lipinski definition) is 4. The molecule has 7 nitrogen and oxygen atoms in total. The van der Waals surface area contributed by atoms with Gasteiger partial charge in [0.15, 0.2) is 5.84 Å². The smallest absolute Gasteiger partial charge is 0.340 e. The maximum atomic E-state index is 13.4. The number of hydrazone groups is 1. The summed E-state index contributed by atoms with van der Waals surface area (Å²) in [5, 5.41) is 28.1. The molecule has 0 atom stereocenters. The maximum absolute atomic E-state index is 13.4. The molecular formula is C11H10FN5O2. The molecule has 0 heterocycles. The lowest BCUT2D eigenvalue weighted by Crippen LogP contribution is -2.22. The summed E-state index contributed by atoms with van der Waals surface area (Å²) in [5.41, 5.74) is 6.64. The number of hydrogen-bond acceptors (Lipinski definition) is 5. The molecule has 0 amide bonds. The number of rotatable bonds is 4. The summed E-state index contributed by atoms with van der Waals surface area (Å²) >= 11 is 0. The van der Waals surface area contributed by atoms with Gasteiger partial charge in [0, 0.05) is 0 Å². The lowest BCUT2D eigenvalue weighted by Gasteiger charge is -2.09. The Hall–Kier alpha value is -2.95. The van der Waals surface area contributed by atoms with E-state index in [0.29, 0.717) is 5.56 Å². The lowest BCUT2D eigenvalue weighted by molar-refractivity contribution is 0.0693. The number of aromatic carboxylic acids is 1. The number of halogens is 1. The summed E-state index contributed by atoms with van der Waals surface area (Å²) in [4.78, 5) is 11.0. The Kier molecular flexibility index (Phi) is 4.15. The fourth-order valence-electron chi connectivity index (χ4n) is 1.29. The van der Waals surface area contributed by atoms with Gasteiger partial charge in [0.2, 0.25) is 5.71 Å². The number of amidine groups is 1. The summed E-state index contributed by atoms with van der Waals surface area (Å²) in [7, 11) is 0. The molecule has 19 heavy (non-hydrogen) atoms. The third kappa shape index (κ3) is 3.04. The fraction of sp³-hybridized carbons (Fsp3) is 0.0909. The molecule has 5 N–H and O–H groups in total. The third-order valence-electron chi connectivity index (χ3n) is 2.22. The van der Waals surface area contributed by atoms with Crippen molar-refractivity contribution in [3.63, 3.8) is 0 Å². The van der Waals surface area contributed by atoms with Gasteiger partial charge in [0.25, 0.3) is 0 Å². The number of carbonyl (C=O) groups is 1. The highest BCUT2D eigenvalue weighted by atomic mass is 19.1. The first-order valence-corrected chi connectivity index (χ1v) is 4.99. The molecule has 0 saturated carbocycles. The van der Waals surface area contributed by atoms with Gasteiger partial charge in [0.05, 0.1) is 5.69 Å². The van der Waals surface area contributed by atoms with Crippen molar-refractivity contribution in [3.8, 4) is 6.07 Å². The highest BCUT2D eigenvalue weighted by Gasteiger charge is 2.18. The van der Waals surface area contributed by atoms with Crippen molar-refractivity contribution in [3.05, 3.63) is 29.1 Å². The van der Waals surface area contributed by atoms with Crippen LogP contribution in [-0.2, 0) is 0 Å². The van der Waals surface area contributed by atoms with Crippen molar-refractivity contribution < 1.29 is 14.3 Å². The summed E-state index contributed by atoms with van der Waals surface area (Å²) in [6, 6.07) is 3.93. The fourth-order valence-corrected chi connectivity index (χ4v) is 1.29. The van der Waals surface area contributed by atoms with Crippen LogP contribution in [0.2, 0.25) is 0 Å². The molecule has 1 aromatic carbocycles. The summed E-state index contributed by atoms with van der Waals surface area (Å²) < 4.78 is 13.4. The Morgan fingerprint density at radius 1 is 1.63 bits per heavy atom. The highest BCUT2D eigenvalue weighted by molar-refractivity contribution is 6.45. The summed E-state index contributed by atoms with van der Waals surface area (Å²) in [6.07, 6.45) is 0. The number of carboxylic acids is 1. The van der Waals surface area contributed by atoms with E-state index in [1.807, 2.05) is 0 Å². The predicted molar refractivity (Wildman–Crippen MR) is 66.7 cm³/mol. The predicted octanol–water partition coefficient (Wildman–Crippen LogP) is 1.06. The van der Waals surface area contributed by atoms with Crippen LogP contribution >= 0.6 is 0 Å². The van der Waals surface area contributed by atoms with E-state index in [1.54, 1.807) is 13.0 Å². The third-order valence-corrected chi connectivity index (χ3v) is 2.22. The van der Waals surface area contributed by atoms with E-state index < -0.39 is 28.9 Å². The molecule has 0 aromatic heterocycles. The Balaban J connectivity index is 3.29. The van der Waals surface area contributed by atoms with Gasteiger partial charge < -0.3 is 10.8 Å². The van der Waals surface area contributed by atoms with Gasteiger partial charge in [-0.25, -0.2) is 9.18 Å². The minimum atomic E-state index is -1.47. The lowest BCUT2D eigenvalue weighted by atomic mass is 10.1. The van der Waals surface area contributed by atoms with Crippen LogP contribution in [0.5, 0.6) is 0 Å². The van der Waals surface area contributed by atoms with Crippen LogP contribution in [0, 0.1) is 29.5 Å². The molecule has 1 aromatic rings. The molecule has 0 bridgehead atoms. The van der Waals surface area contributed by atoms with Gasteiger partial charge in [-0.2, -0.15) is 10.4 Å².